The van der Waals surface area contributed by atoms with Gasteiger partial charge in [-0.1, -0.05) is 35.5 Å². The molecule has 0 atom stereocenters. The van der Waals surface area contributed by atoms with E-state index in [2.05, 4.69) is 10.5 Å². The molecule has 0 unspecified atom stereocenters. The van der Waals surface area contributed by atoms with Crippen molar-refractivity contribution >= 4 is 15.9 Å². The Labute approximate surface area is 152 Å². The number of nitrogens with one attached hydrogen (secondary N) is 1. The molecule has 0 spiro atoms. The van der Waals surface area contributed by atoms with Crippen LogP contribution in [0.5, 0.6) is 0 Å². The first-order valence-corrected chi connectivity index (χ1v) is 9.99. The summed E-state index contributed by atoms with van der Waals surface area (Å²) in [4.78, 5) is 12.0. The summed E-state index contributed by atoms with van der Waals surface area (Å²) >= 11 is 0. The predicted octanol–water partition coefficient (Wildman–Crippen LogP) is 0.662. The van der Waals surface area contributed by atoms with Crippen LogP contribution in [0.4, 0.5) is 0 Å². The average molecular weight is 379 g/mol. The third-order valence-corrected chi connectivity index (χ3v) is 5.88. The first-order valence-electron chi connectivity index (χ1n) is 8.38. The summed E-state index contributed by atoms with van der Waals surface area (Å²) in [6.45, 7) is 1.58. The van der Waals surface area contributed by atoms with Crippen molar-refractivity contribution in [3.63, 3.8) is 0 Å². The molecule has 1 saturated heterocycles. The largest absolute Gasteiger partial charge is 0.379 e. The van der Waals surface area contributed by atoms with E-state index >= 15 is 0 Å². The molecule has 1 N–H and O–H groups in total. The van der Waals surface area contributed by atoms with Gasteiger partial charge in [-0.3, -0.25) is 4.79 Å². The summed E-state index contributed by atoms with van der Waals surface area (Å²) in [6, 6.07) is 11.2. The number of hydrogen-bond acceptors (Lipinski definition) is 6. The van der Waals surface area contributed by atoms with E-state index in [1.165, 1.54) is 4.31 Å². The fourth-order valence-corrected chi connectivity index (χ4v) is 3.96. The average Bonchev–Trinajstić information content (AvgIpc) is 3.11. The van der Waals surface area contributed by atoms with Crippen LogP contribution in [0.25, 0.3) is 11.3 Å². The van der Waals surface area contributed by atoms with E-state index in [1.54, 1.807) is 6.07 Å². The van der Waals surface area contributed by atoms with E-state index in [0.29, 0.717) is 37.8 Å². The molecule has 1 aliphatic heterocycles. The standard InChI is InChI=1S/C17H21N3O5S/c21-17(18-6-11-26(22,23)20-7-9-24-10-8-20)13-15-12-16(25-19-15)14-4-2-1-3-5-14/h1-5,12H,6-11,13H2,(H,18,21). The summed E-state index contributed by atoms with van der Waals surface area (Å²) in [5.74, 6) is 0.158. The Morgan fingerprint density at radius 1 is 1.19 bits per heavy atom. The van der Waals surface area contributed by atoms with Crippen LogP contribution in [0, 0.1) is 0 Å². The molecule has 3 rings (SSSR count). The smallest absolute Gasteiger partial charge is 0.226 e. The molecule has 2 aromatic rings. The monoisotopic (exact) mass is 379 g/mol. The zero-order valence-electron chi connectivity index (χ0n) is 14.3. The normalized spacial score (nSPS) is 15.7. The van der Waals surface area contributed by atoms with Crippen LogP contribution in [0.2, 0.25) is 0 Å². The quantitative estimate of drug-likeness (QED) is 0.758. The Kier molecular flexibility index (Phi) is 6.02. The summed E-state index contributed by atoms with van der Waals surface area (Å²) < 4.78 is 36.1. The topological polar surface area (TPSA) is 102 Å². The van der Waals surface area contributed by atoms with Crippen molar-refractivity contribution in [3.8, 4) is 11.3 Å². The van der Waals surface area contributed by atoms with Crippen molar-refractivity contribution in [2.45, 2.75) is 6.42 Å². The molecule has 26 heavy (non-hydrogen) atoms. The summed E-state index contributed by atoms with van der Waals surface area (Å²) in [5, 5.41) is 6.50. The number of hydrogen-bond donors (Lipinski definition) is 1. The van der Waals surface area contributed by atoms with Crippen molar-refractivity contribution < 1.29 is 22.5 Å². The van der Waals surface area contributed by atoms with Gasteiger partial charge in [-0.2, -0.15) is 4.31 Å². The number of benzene rings is 1. The highest BCUT2D eigenvalue weighted by Crippen LogP contribution is 2.19. The molecule has 1 amide bonds. The second-order valence-electron chi connectivity index (χ2n) is 5.90. The lowest BCUT2D eigenvalue weighted by Crippen LogP contribution is -2.43. The molecule has 1 aliphatic rings. The molecule has 8 nitrogen and oxygen atoms in total. The Balaban J connectivity index is 1.46. The fraction of sp³-hybridized carbons (Fsp3) is 0.412. The second-order valence-corrected chi connectivity index (χ2v) is 7.99. The van der Waals surface area contributed by atoms with Gasteiger partial charge < -0.3 is 14.6 Å². The number of morpholine rings is 1. The molecule has 2 heterocycles. The highest BCUT2D eigenvalue weighted by molar-refractivity contribution is 7.89. The number of sulfonamides is 1. The van der Waals surface area contributed by atoms with Crippen molar-refractivity contribution in [2.75, 3.05) is 38.6 Å². The lowest BCUT2D eigenvalue weighted by atomic mass is 10.1. The van der Waals surface area contributed by atoms with Crippen LogP contribution in [0.3, 0.4) is 0 Å². The third kappa shape index (κ3) is 4.90. The predicted molar refractivity (Wildman–Crippen MR) is 94.8 cm³/mol. The Morgan fingerprint density at radius 2 is 1.92 bits per heavy atom. The van der Waals surface area contributed by atoms with Crippen LogP contribution in [-0.2, 0) is 26.0 Å². The SMILES string of the molecule is O=C(Cc1cc(-c2ccccc2)on1)NCCS(=O)(=O)N1CCOCC1. The molecule has 0 radical (unpaired) electrons. The van der Waals surface area contributed by atoms with Crippen molar-refractivity contribution in [2.24, 2.45) is 0 Å². The maximum absolute atomic E-state index is 12.2. The van der Waals surface area contributed by atoms with Gasteiger partial charge >= 0.3 is 0 Å². The second kappa shape index (κ2) is 8.43. The van der Waals surface area contributed by atoms with E-state index in [0.717, 1.165) is 5.56 Å². The minimum Gasteiger partial charge on any atom is -0.379 e. The van der Waals surface area contributed by atoms with Gasteiger partial charge in [-0.25, -0.2) is 8.42 Å². The van der Waals surface area contributed by atoms with E-state index in [9.17, 15) is 13.2 Å². The van der Waals surface area contributed by atoms with Crippen LogP contribution in [0.15, 0.2) is 40.9 Å². The molecule has 0 saturated carbocycles. The van der Waals surface area contributed by atoms with Gasteiger partial charge in [-0.05, 0) is 0 Å². The number of ether oxygens (including phenoxy) is 1. The molecular weight excluding hydrogens is 358 g/mol. The highest BCUT2D eigenvalue weighted by Gasteiger charge is 2.24. The van der Waals surface area contributed by atoms with E-state index in [1.807, 2.05) is 30.3 Å². The molecule has 0 aliphatic carbocycles. The number of aromatic nitrogens is 1. The number of carbonyl (C=O) groups excluding carboxylic acids is 1. The van der Waals surface area contributed by atoms with Crippen LogP contribution < -0.4 is 5.32 Å². The molecule has 140 valence electrons. The summed E-state index contributed by atoms with van der Waals surface area (Å²) in [7, 11) is -3.38. The van der Waals surface area contributed by atoms with Crippen molar-refractivity contribution in [1.29, 1.82) is 0 Å². The zero-order chi connectivity index (χ0) is 18.4. The first-order chi connectivity index (χ1) is 12.5. The van der Waals surface area contributed by atoms with Gasteiger partial charge in [0.05, 0.1) is 31.1 Å². The summed E-state index contributed by atoms with van der Waals surface area (Å²) in [6.07, 6.45) is 0.0357. The number of carbonyl (C=O) groups is 1. The molecule has 1 fully saturated rings. The van der Waals surface area contributed by atoms with Gasteiger partial charge in [-0.15, -0.1) is 0 Å². The van der Waals surface area contributed by atoms with Crippen LogP contribution >= 0.6 is 0 Å². The molecule has 1 aromatic heterocycles. The minimum absolute atomic E-state index is 0.0357. The fourth-order valence-electron chi connectivity index (χ4n) is 2.63. The van der Waals surface area contributed by atoms with Crippen molar-refractivity contribution in [3.05, 3.63) is 42.1 Å². The maximum Gasteiger partial charge on any atom is 0.226 e. The minimum atomic E-state index is -3.38. The Bertz CT molecular complexity index is 829. The molecular formula is C17H21N3O5S. The van der Waals surface area contributed by atoms with Crippen LogP contribution in [0.1, 0.15) is 5.69 Å². The van der Waals surface area contributed by atoms with E-state index in [4.69, 9.17) is 9.26 Å². The lowest BCUT2D eigenvalue weighted by molar-refractivity contribution is -0.120. The lowest BCUT2D eigenvalue weighted by Gasteiger charge is -2.26. The molecule has 0 bridgehead atoms. The number of amides is 1. The van der Waals surface area contributed by atoms with Gasteiger partial charge in [0.25, 0.3) is 0 Å². The first kappa shape index (κ1) is 18.6. The van der Waals surface area contributed by atoms with Crippen LogP contribution in [-0.4, -0.2) is 62.4 Å². The Morgan fingerprint density at radius 3 is 2.65 bits per heavy atom. The van der Waals surface area contributed by atoms with Crippen molar-refractivity contribution in [1.82, 2.24) is 14.8 Å². The van der Waals surface area contributed by atoms with Gasteiger partial charge in [0.15, 0.2) is 5.76 Å². The highest BCUT2D eigenvalue weighted by atomic mass is 32.2. The maximum atomic E-state index is 12.2. The molecule has 1 aromatic carbocycles. The molecule has 9 heteroatoms. The van der Waals surface area contributed by atoms with E-state index < -0.39 is 10.0 Å². The third-order valence-electron chi connectivity index (χ3n) is 4.00. The Hall–Kier alpha value is -2.23. The van der Waals surface area contributed by atoms with Gasteiger partial charge in [0.1, 0.15) is 0 Å². The van der Waals surface area contributed by atoms with Gasteiger partial charge in [0.2, 0.25) is 15.9 Å². The van der Waals surface area contributed by atoms with Gasteiger partial charge in [0, 0.05) is 31.3 Å². The number of rotatable bonds is 7. The number of nitrogens with zero attached hydrogens (tertiary/aromatic N) is 2. The summed E-state index contributed by atoms with van der Waals surface area (Å²) in [5.41, 5.74) is 1.38. The zero-order valence-corrected chi connectivity index (χ0v) is 15.1. The van der Waals surface area contributed by atoms with E-state index in [-0.39, 0.29) is 24.6 Å².